The SMILES string of the molecule is N.N.N.O=P([O-])([O-])[O-].[Li+].[Li+].[Li+]. The second kappa shape index (κ2) is 22.6. The molecule has 0 saturated heterocycles. The van der Waals surface area contributed by atoms with Gasteiger partial charge in [0.1, 0.15) is 0 Å². The number of phosphoric acid groups is 1. The Kier molecular flexibility index (Phi) is 109. The molecule has 0 fully saturated rings. The Labute approximate surface area is 102 Å². The minimum Gasteiger partial charge on any atom is -0.822 e. The fourth-order valence-corrected chi connectivity index (χ4v) is 0. The maximum atomic E-state index is 8.55. The third-order valence-corrected chi connectivity index (χ3v) is 0. The molecule has 0 aromatic carbocycles. The van der Waals surface area contributed by atoms with Crippen molar-refractivity contribution >= 4 is 7.82 Å². The molecule has 11 heteroatoms. The molecule has 0 aliphatic rings. The summed E-state index contributed by atoms with van der Waals surface area (Å²) in [6.45, 7) is 0. The summed E-state index contributed by atoms with van der Waals surface area (Å²) in [5, 5.41) is 0. The number of hydrogen-bond donors (Lipinski definition) is 3. The van der Waals surface area contributed by atoms with Crippen LogP contribution in [0.3, 0.4) is 0 Å². The van der Waals surface area contributed by atoms with Crippen molar-refractivity contribution in [3.63, 3.8) is 0 Å². The molecule has 0 amide bonds. The third kappa shape index (κ3) is 355. The quantitative estimate of drug-likeness (QED) is 0.235. The normalized spacial score (nSPS) is 5.36. The third-order valence-electron chi connectivity index (χ3n) is 0. The molecule has 56 valence electrons. The zero-order valence-electron chi connectivity index (χ0n) is 7.20. The van der Waals surface area contributed by atoms with Crippen LogP contribution in [0, 0.1) is 0 Å². The molecular formula is H9Li3N3O4P. The van der Waals surface area contributed by atoms with E-state index in [4.69, 9.17) is 19.2 Å². The average molecular weight is 167 g/mol. The first-order chi connectivity index (χ1) is 2.00. The van der Waals surface area contributed by atoms with Crippen LogP contribution >= 0.6 is 7.82 Å². The Morgan fingerprint density at radius 3 is 0.727 bits per heavy atom. The van der Waals surface area contributed by atoms with E-state index in [1.807, 2.05) is 0 Å². The van der Waals surface area contributed by atoms with Crippen molar-refractivity contribution < 1.29 is 75.8 Å². The van der Waals surface area contributed by atoms with Gasteiger partial charge in [0.25, 0.3) is 0 Å². The van der Waals surface area contributed by atoms with Gasteiger partial charge in [0.05, 0.1) is 0 Å². The van der Waals surface area contributed by atoms with Gasteiger partial charge in [-0.05, 0) is 0 Å². The molecule has 0 atom stereocenters. The van der Waals surface area contributed by atoms with Crippen molar-refractivity contribution in [3.05, 3.63) is 0 Å². The first kappa shape index (κ1) is 53.1. The van der Waals surface area contributed by atoms with Gasteiger partial charge < -0.3 is 37.7 Å². The van der Waals surface area contributed by atoms with Gasteiger partial charge in [-0.1, -0.05) is 0 Å². The van der Waals surface area contributed by atoms with Crippen molar-refractivity contribution in [3.8, 4) is 0 Å². The van der Waals surface area contributed by atoms with E-state index >= 15 is 0 Å². The van der Waals surface area contributed by atoms with E-state index in [1.165, 1.54) is 0 Å². The van der Waals surface area contributed by atoms with E-state index in [0.717, 1.165) is 0 Å². The molecule has 0 aliphatic carbocycles. The summed E-state index contributed by atoms with van der Waals surface area (Å²) in [6, 6.07) is 0. The Morgan fingerprint density at radius 1 is 0.727 bits per heavy atom. The zero-order valence-corrected chi connectivity index (χ0v) is 8.10. The molecule has 0 aromatic heterocycles. The van der Waals surface area contributed by atoms with Gasteiger partial charge in [-0.25, -0.2) is 0 Å². The molecule has 9 N–H and O–H groups in total. The summed E-state index contributed by atoms with van der Waals surface area (Å²) >= 11 is 0. The zero-order chi connectivity index (χ0) is 4.50. The maximum absolute atomic E-state index is 8.55. The summed E-state index contributed by atoms with van der Waals surface area (Å²) in [6.07, 6.45) is 0. The van der Waals surface area contributed by atoms with Crippen LogP contribution in [-0.2, 0) is 4.57 Å². The Hall–Kier alpha value is 1.78. The van der Waals surface area contributed by atoms with Gasteiger partial charge >= 0.3 is 56.6 Å². The minimum absolute atomic E-state index is 0. The van der Waals surface area contributed by atoms with Crippen LogP contribution in [-0.4, -0.2) is 0 Å². The molecule has 0 rings (SSSR count). The molecule has 0 saturated carbocycles. The van der Waals surface area contributed by atoms with Gasteiger partial charge in [-0.2, -0.15) is 7.82 Å². The first-order valence-electron chi connectivity index (χ1n) is 0.730. The van der Waals surface area contributed by atoms with E-state index < -0.39 is 7.82 Å². The fourth-order valence-electron chi connectivity index (χ4n) is 0. The summed E-state index contributed by atoms with van der Waals surface area (Å²) < 4.78 is 8.55. The van der Waals surface area contributed by atoms with E-state index in [0.29, 0.717) is 0 Å². The Balaban J connectivity index is -0.00000000533. The summed E-state index contributed by atoms with van der Waals surface area (Å²) in [7, 11) is -5.39. The molecule has 0 bridgehead atoms. The molecule has 0 aliphatic heterocycles. The molecule has 0 radical (unpaired) electrons. The largest absolute Gasteiger partial charge is 1.00 e. The summed E-state index contributed by atoms with van der Waals surface area (Å²) in [5.41, 5.74) is 0. The molecule has 0 spiro atoms. The molecule has 7 nitrogen and oxygen atoms in total. The second-order valence-electron chi connectivity index (χ2n) is 0.447. The predicted octanol–water partition coefficient (Wildman–Crippen LogP) is -11.3. The Bertz CT molecular complexity index is 66.7. The average Bonchev–Trinajstić information content (AvgIpc) is 0.722. The topological polar surface area (TPSA) is 191 Å². The smallest absolute Gasteiger partial charge is 0.822 e. The molecule has 11 heavy (non-hydrogen) atoms. The summed E-state index contributed by atoms with van der Waals surface area (Å²) in [4.78, 5) is 25.6. The number of rotatable bonds is 0. The van der Waals surface area contributed by atoms with E-state index in [2.05, 4.69) is 0 Å². The fraction of sp³-hybridized carbons (Fsp3) is 0. The molecule has 0 heterocycles. The number of hydrogen-bond acceptors (Lipinski definition) is 7. The van der Waals surface area contributed by atoms with Gasteiger partial charge in [-0.15, -0.1) is 0 Å². The standard InChI is InChI=1S/3Li.3H3N.H3O4P/c;;;;;;1-5(2,3)4/h;;;3*1H3;(H3,1,2,3,4)/q3*+1;;;;/p-3. The van der Waals surface area contributed by atoms with Gasteiger partial charge in [0, 0.05) is 0 Å². The van der Waals surface area contributed by atoms with Crippen LogP contribution in [0.15, 0.2) is 0 Å². The second-order valence-corrected chi connectivity index (χ2v) is 1.34. The van der Waals surface area contributed by atoms with Crippen LogP contribution in [0.2, 0.25) is 0 Å². The monoisotopic (exact) mass is 167 g/mol. The van der Waals surface area contributed by atoms with Crippen LogP contribution in [0.1, 0.15) is 0 Å². The van der Waals surface area contributed by atoms with Crippen LogP contribution in [0.4, 0.5) is 0 Å². The van der Waals surface area contributed by atoms with Crippen molar-refractivity contribution in [2.45, 2.75) is 0 Å². The minimum atomic E-state index is -5.39. The Morgan fingerprint density at radius 2 is 0.727 bits per heavy atom. The molecule has 0 aromatic rings. The van der Waals surface area contributed by atoms with Crippen LogP contribution in [0.5, 0.6) is 0 Å². The predicted molar refractivity (Wildman–Crippen MR) is 22.7 cm³/mol. The van der Waals surface area contributed by atoms with Gasteiger partial charge in [-0.3, -0.25) is 0 Å². The molecule has 0 unspecified atom stereocenters. The van der Waals surface area contributed by atoms with Crippen molar-refractivity contribution in [2.24, 2.45) is 0 Å². The summed E-state index contributed by atoms with van der Waals surface area (Å²) in [5.74, 6) is 0. The van der Waals surface area contributed by atoms with E-state index in [-0.39, 0.29) is 75.0 Å². The van der Waals surface area contributed by atoms with Crippen LogP contribution < -0.4 is 89.7 Å². The maximum Gasteiger partial charge on any atom is 1.00 e. The van der Waals surface area contributed by atoms with Crippen LogP contribution in [0.25, 0.3) is 0 Å². The van der Waals surface area contributed by atoms with Gasteiger partial charge in [0.15, 0.2) is 0 Å². The van der Waals surface area contributed by atoms with E-state index in [9.17, 15) is 0 Å². The van der Waals surface area contributed by atoms with Crippen molar-refractivity contribution in [1.29, 1.82) is 0 Å². The molecular weight excluding hydrogens is 158 g/mol. The van der Waals surface area contributed by atoms with Crippen molar-refractivity contribution in [1.82, 2.24) is 18.5 Å². The van der Waals surface area contributed by atoms with Gasteiger partial charge in [0.2, 0.25) is 0 Å². The van der Waals surface area contributed by atoms with E-state index in [1.54, 1.807) is 0 Å². The van der Waals surface area contributed by atoms with Crippen molar-refractivity contribution in [2.75, 3.05) is 0 Å². The first-order valence-corrected chi connectivity index (χ1v) is 2.19.